The first kappa shape index (κ1) is 11.7. The summed E-state index contributed by atoms with van der Waals surface area (Å²) in [6.07, 6.45) is 0. The topological polar surface area (TPSA) is 17.1 Å². The second-order valence-electron chi connectivity index (χ2n) is 3.43. The Morgan fingerprint density at radius 3 is 1.41 bits per heavy atom. The maximum atomic E-state index is 12.8. The third-order valence-corrected chi connectivity index (χ3v) is 2.93. The van der Waals surface area contributed by atoms with E-state index < -0.39 is 0 Å². The Morgan fingerprint density at radius 2 is 1.12 bits per heavy atom. The van der Waals surface area contributed by atoms with E-state index in [9.17, 15) is 13.0 Å². The molecule has 17 heavy (non-hydrogen) atoms. The summed E-state index contributed by atoms with van der Waals surface area (Å²) in [4.78, 5) is 0.449. The second-order valence-corrected chi connectivity index (χ2v) is 4.00. The third-order valence-electron chi connectivity index (χ3n) is 2.30. The zero-order valence-corrected chi connectivity index (χ0v) is 9.51. The van der Waals surface area contributed by atoms with E-state index in [1.54, 1.807) is 0 Å². The Labute approximate surface area is 101 Å². The molecule has 0 aliphatic heterocycles. The molecule has 0 radical (unpaired) electrons. The van der Waals surface area contributed by atoms with E-state index in [1.165, 1.54) is 48.5 Å². The molecule has 0 aromatic heterocycles. The van der Waals surface area contributed by atoms with Gasteiger partial charge in [0.1, 0.15) is 11.6 Å². The first-order valence-corrected chi connectivity index (χ1v) is 5.63. The highest BCUT2D eigenvalue weighted by atomic mass is 32.1. The Balaban J connectivity index is 2.44. The number of hydrogen-bond donors (Lipinski definition) is 0. The van der Waals surface area contributed by atoms with Crippen LogP contribution in [0.2, 0.25) is 0 Å². The Hall–Kier alpha value is -1.81. The monoisotopic (exact) mass is 250 g/mol. The molecule has 0 spiro atoms. The summed E-state index contributed by atoms with van der Waals surface area (Å²) in [5.74, 6) is -0.716. The molecule has 0 bridgehead atoms. The molecule has 0 saturated carbocycles. The fourth-order valence-electron chi connectivity index (χ4n) is 1.47. The van der Waals surface area contributed by atoms with Gasteiger partial charge in [0.2, 0.25) is 0 Å². The molecule has 0 aliphatic rings. The van der Waals surface area contributed by atoms with Crippen LogP contribution in [0.4, 0.5) is 8.78 Å². The zero-order chi connectivity index (χ0) is 12.3. The van der Waals surface area contributed by atoms with Crippen LogP contribution in [-0.4, -0.2) is 9.07 Å². The van der Waals surface area contributed by atoms with Gasteiger partial charge in [0.15, 0.2) is 0 Å². The lowest BCUT2D eigenvalue weighted by Crippen LogP contribution is -2.02. The lowest BCUT2D eigenvalue weighted by Gasteiger charge is -2.03. The van der Waals surface area contributed by atoms with Crippen molar-refractivity contribution in [3.63, 3.8) is 0 Å². The Bertz CT molecular complexity index is 522. The number of halogens is 2. The van der Waals surface area contributed by atoms with E-state index in [4.69, 9.17) is 0 Å². The molecule has 4 heteroatoms. The van der Waals surface area contributed by atoms with Gasteiger partial charge in [0.05, 0.1) is 16.1 Å². The van der Waals surface area contributed by atoms with Gasteiger partial charge >= 0.3 is 0 Å². The second kappa shape index (κ2) is 5.01. The molecule has 2 aromatic carbocycles. The predicted octanol–water partition coefficient (Wildman–Crippen LogP) is 2.75. The zero-order valence-electron chi connectivity index (χ0n) is 8.69. The maximum Gasteiger partial charge on any atom is 0.123 e. The van der Waals surface area contributed by atoms with Crippen molar-refractivity contribution >= 4 is 16.1 Å². The van der Waals surface area contributed by atoms with Crippen LogP contribution in [-0.2, 0) is 11.3 Å². The van der Waals surface area contributed by atoms with Gasteiger partial charge in [-0.1, -0.05) is 24.3 Å². The SMILES string of the molecule is O=S=C(c1ccc(F)cc1)c1ccc(F)cc1. The number of hydrogen-bond acceptors (Lipinski definition) is 1. The minimum Gasteiger partial charge on any atom is -0.212 e. The summed E-state index contributed by atoms with van der Waals surface area (Å²) in [5, 5.41) is 0. The average molecular weight is 250 g/mol. The first-order valence-electron chi connectivity index (χ1n) is 4.89. The molecular formula is C13H8F2OS. The van der Waals surface area contributed by atoms with Gasteiger partial charge in [-0.15, -0.1) is 0 Å². The molecule has 0 saturated heterocycles. The van der Waals surface area contributed by atoms with Crippen molar-refractivity contribution in [1.82, 2.24) is 0 Å². The summed E-state index contributed by atoms with van der Waals surface area (Å²) >= 11 is 0.310. The molecule has 0 fully saturated rings. The van der Waals surface area contributed by atoms with Gasteiger partial charge in [-0.05, 0) is 35.4 Å². The normalized spacial score (nSPS) is 10.0. The largest absolute Gasteiger partial charge is 0.212 e. The maximum absolute atomic E-state index is 12.8. The summed E-state index contributed by atoms with van der Waals surface area (Å²) in [6, 6.07) is 11.3. The van der Waals surface area contributed by atoms with Crippen molar-refractivity contribution in [3.05, 3.63) is 71.3 Å². The van der Waals surface area contributed by atoms with E-state index in [0.717, 1.165) is 0 Å². The van der Waals surface area contributed by atoms with Gasteiger partial charge in [-0.2, -0.15) is 0 Å². The molecule has 0 N–H and O–H groups in total. The van der Waals surface area contributed by atoms with Gasteiger partial charge in [0, 0.05) is 0 Å². The Morgan fingerprint density at radius 1 is 0.765 bits per heavy atom. The molecule has 1 nitrogen and oxygen atoms in total. The summed E-state index contributed by atoms with van der Waals surface area (Å²) in [6.45, 7) is 0. The van der Waals surface area contributed by atoms with Crippen LogP contribution in [0.25, 0.3) is 0 Å². The van der Waals surface area contributed by atoms with Gasteiger partial charge in [0.25, 0.3) is 0 Å². The lowest BCUT2D eigenvalue weighted by molar-refractivity contribution is 0.627. The molecule has 86 valence electrons. The minimum atomic E-state index is -0.358. The molecular weight excluding hydrogens is 242 g/mol. The van der Waals surface area contributed by atoms with Crippen LogP contribution in [0.1, 0.15) is 11.1 Å². The molecule has 0 aliphatic carbocycles. The van der Waals surface area contributed by atoms with Crippen molar-refractivity contribution in [1.29, 1.82) is 0 Å². The van der Waals surface area contributed by atoms with Crippen molar-refractivity contribution in [2.75, 3.05) is 0 Å². The standard InChI is InChI=1S/C13H8F2OS/c14-11-5-1-9(2-6-11)13(17-16)10-3-7-12(15)8-4-10/h1-8H. The van der Waals surface area contributed by atoms with Crippen LogP contribution in [0.5, 0.6) is 0 Å². The quantitative estimate of drug-likeness (QED) is 0.591. The summed E-state index contributed by atoms with van der Waals surface area (Å²) in [7, 11) is 0. The highest BCUT2D eigenvalue weighted by Crippen LogP contribution is 2.11. The lowest BCUT2D eigenvalue weighted by atomic mass is 10.0. The van der Waals surface area contributed by atoms with Crippen LogP contribution < -0.4 is 0 Å². The van der Waals surface area contributed by atoms with Crippen LogP contribution >= 0.6 is 0 Å². The van der Waals surface area contributed by atoms with Crippen molar-refractivity contribution < 1.29 is 13.0 Å². The summed E-state index contributed by atoms with van der Waals surface area (Å²) in [5.41, 5.74) is 1.25. The first-order chi connectivity index (χ1) is 8.20. The number of benzene rings is 2. The van der Waals surface area contributed by atoms with Crippen LogP contribution in [0, 0.1) is 11.6 Å². The fraction of sp³-hybridized carbons (Fsp3) is 0. The Kier molecular flexibility index (Phi) is 3.44. The molecule has 2 rings (SSSR count). The van der Waals surface area contributed by atoms with Crippen LogP contribution in [0.15, 0.2) is 48.5 Å². The molecule has 2 aromatic rings. The molecule has 0 heterocycles. The van der Waals surface area contributed by atoms with E-state index in [0.29, 0.717) is 27.2 Å². The highest BCUT2D eigenvalue weighted by Gasteiger charge is 2.06. The van der Waals surface area contributed by atoms with Gasteiger partial charge in [-0.25, -0.2) is 13.0 Å². The minimum absolute atomic E-state index is 0.310. The van der Waals surface area contributed by atoms with Gasteiger partial charge in [-0.3, -0.25) is 0 Å². The summed E-state index contributed by atoms with van der Waals surface area (Å²) < 4.78 is 36.6. The van der Waals surface area contributed by atoms with Crippen molar-refractivity contribution in [3.8, 4) is 0 Å². The predicted molar refractivity (Wildman–Crippen MR) is 64.2 cm³/mol. The van der Waals surface area contributed by atoms with Crippen LogP contribution in [0.3, 0.4) is 0 Å². The highest BCUT2D eigenvalue weighted by molar-refractivity contribution is 7.67. The van der Waals surface area contributed by atoms with E-state index in [2.05, 4.69) is 0 Å². The molecule has 0 amide bonds. The fourth-order valence-corrected chi connectivity index (χ4v) is 1.93. The van der Waals surface area contributed by atoms with Gasteiger partial charge < -0.3 is 0 Å². The third kappa shape index (κ3) is 2.65. The van der Waals surface area contributed by atoms with E-state index in [1.807, 2.05) is 0 Å². The number of rotatable bonds is 2. The van der Waals surface area contributed by atoms with Crippen molar-refractivity contribution in [2.24, 2.45) is 0 Å². The molecule has 0 unspecified atom stereocenters. The molecule has 0 atom stereocenters. The van der Waals surface area contributed by atoms with Crippen molar-refractivity contribution in [2.45, 2.75) is 0 Å². The average Bonchev–Trinajstić information content (AvgIpc) is 2.35. The van der Waals surface area contributed by atoms with E-state index in [-0.39, 0.29) is 11.6 Å². The smallest absolute Gasteiger partial charge is 0.123 e. The van der Waals surface area contributed by atoms with E-state index >= 15 is 0 Å².